The van der Waals surface area contributed by atoms with Crippen molar-refractivity contribution in [1.82, 2.24) is 0 Å². The van der Waals surface area contributed by atoms with Gasteiger partial charge >= 0.3 is 0 Å². The molecule has 2 rings (SSSR count). The molecular formula is C12H17N3O. The molecule has 1 aliphatic heterocycles. The van der Waals surface area contributed by atoms with Gasteiger partial charge in [0.1, 0.15) is 0 Å². The number of anilines is 3. The predicted molar refractivity (Wildman–Crippen MR) is 66.5 cm³/mol. The lowest BCUT2D eigenvalue weighted by Crippen LogP contribution is -2.37. The van der Waals surface area contributed by atoms with Gasteiger partial charge in [-0.05, 0) is 26.0 Å². The van der Waals surface area contributed by atoms with Crippen molar-refractivity contribution in [3.05, 3.63) is 18.2 Å². The number of hydrogen-bond acceptors (Lipinski definition) is 3. The maximum atomic E-state index is 12.0. The highest BCUT2D eigenvalue weighted by molar-refractivity contribution is 6.01. The first kappa shape index (κ1) is 10.8. The molecule has 16 heavy (non-hydrogen) atoms. The number of nitrogens with one attached hydrogen (secondary N) is 1. The topological polar surface area (TPSA) is 58.4 Å². The second-order valence-corrected chi connectivity index (χ2v) is 4.94. The Bertz CT molecular complexity index is 440. The zero-order valence-electron chi connectivity index (χ0n) is 9.87. The Morgan fingerprint density at radius 3 is 2.81 bits per heavy atom. The molecule has 0 aliphatic carbocycles. The highest BCUT2D eigenvalue weighted by atomic mass is 16.2. The number of rotatable bonds is 0. The van der Waals surface area contributed by atoms with Gasteiger partial charge in [-0.25, -0.2) is 0 Å². The summed E-state index contributed by atoms with van der Waals surface area (Å²) in [4.78, 5) is 14.0. The number of nitrogens with zero attached hydrogens (tertiary/aromatic N) is 1. The van der Waals surface area contributed by atoms with Crippen LogP contribution in [0.3, 0.4) is 0 Å². The molecular weight excluding hydrogens is 202 g/mol. The van der Waals surface area contributed by atoms with Gasteiger partial charge in [0.15, 0.2) is 0 Å². The summed E-state index contributed by atoms with van der Waals surface area (Å²) in [7, 11) is 1.96. The van der Waals surface area contributed by atoms with Crippen molar-refractivity contribution in [2.75, 3.05) is 29.5 Å². The molecule has 0 unspecified atom stereocenters. The van der Waals surface area contributed by atoms with E-state index in [0.29, 0.717) is 12.2 Å². The van der Waals surface area contributed by atoms with E-state index in [1.807, 2.05) is 44.0 Å². The Morgan fingerprint density at radius 2 is 2.12 bits per heavy atom. The molecule has 0 atom stereocenters. The normalized spacial score (nSPS) is 18.7. The molecule has 0 aromatic heterocycles. The van der Waals surface area contributed by atoms with Crippen LogP contribution in [-0.4, -0.2) is 19.5 Å². The van der Waals surface area contributed by atoms with Crippen LogP contribution in [0.1, 0.15) is 13.8 Å². The van der Waals surface area contributed by atoms with Gasteiger partial charge < -0.3 is 16.0 Å². The van der Waals surface area contributed by atoms with E-state index >= 15 is 0 Å². The van der Waals surface area contributed by atoms with Crippen molar-refractivity contribution in [3.8, 4) is 0 Å². The van der Waals surface area contributed by atoms with Crippen molar-refractivity contribution < 1.29 is 4.79 Å². The average molecular weight is 219 g/mol. The Balaban J connectivity index is 2.53. The Kier molecular flexibility index (Phi) is 2.30. The van der Waals surface area contributed by atoms with Crippen LogP contribution in [-0.2, 0) is 4.79 Å². The van der Waals surface area contributed by atoms with E-state index in [0.717, 1.165) is 11.4 Å². The van der Waals surface area contributed by atoms with Crippen LogP contribution < -0.4 is 16.0 Å². The minimum absolute atomic E-state index is 0.0312. The van der Waals surface area contributed by atoms with Gasteiger partial charge in [-0.2, -0.15) is 0 Å². The largest absolute Gasteiger partial charge is 0.397 e. The lowest BCUT2D eigenvalue weighted by atomic mass is 9.92. The van der Waals surface area contributed by atoms with Gasteiger partial charge in [0, 0.05) is 13.6 Å². The summed E-state index contributed by atoms with van der Waals surface area (Å²) in [6, 6.07) is 5.57. The Labute approximate surface area is 95.4 Å². The molecule has 0 saturated carbocycles. The molecule has 0 bridgehead atoms. The summed E-state index contributed by atoms with van der Waals surface area (Å²) in [6.07, 6.45) is 0. The number of amides is 1. The van der Waals surface area contributed by atoms with E-state index in [1.165, 1.54) is 0 Å². The number of benzene rings is 1. The minimum Gasteiger partial charge on any atom is -0.397 e. The molecule has 1 amide bonds. The van der Waals surface area contributed by atoms with Crippen molar-refractivity contribution in [1.29, 1.82) is 0 Å². The molecule has 0 saturated heterocycles. The third-order valence-electron chi connectivity index (χ3n) is 2.94. The highest BCUT2D eigenvalue weighted by Gasteiger charge is 2.33. The van der Waals surface area contributed by atoms with E-state index in [9.17, 15) is 4.79 Å². The fraction of sp³-hybridized carbons (Fsp3) is 0.417. The van der Waals surface area contributed by atoms with Crippen molar-refractivity contribution in [2.24, 2.45) is 5.41 Å². The van der Waals surface area contributed by atoms with Gasteiger partial charge in [-0.1, -0.05) is 6.07 Å². The Morgan fingerprint density at radius 1 is 1.44 bits per heavy atom. The predicted octanol–water partition coefficient (Wildman–Crippen LogP) is 1.68. The lowest BCUT2D eigenvalue weighted by molar-refractivity contribution is -0.123. The summed E-state index contributed by atoms with van der Waals surface area (Å²) in [5.74, 6) is 0.0312. The van der Waals surface area contributed by atoms with Crippen LogP contribution in [0.2, 0.25) is 0 Å². The first-order chi connectivity index (χ1) is 7.42. The van der Waals surface area contributed by atoms with Gasteiger partial charge in [0.2, 0.25) is 5.91 Å². The van der Waals surface area contributed by atoms with Crippen LogP contribution in [0.25, 0.3) is 0 Å². The summed E-state index contributed by atoms with van der Waals surface area (Å²) in [5.41, 5.74) is 7.91. The average Bonchev–Trinajstić information content (AvgIpc) is 2.23. The number of carbonyl (C=O) groups excluding carboxylic acids is 1. The van der Waals surface area contributed by atoms with Crippen LogP contribution >= 0.6 is 0 Å². The zero-order valence-corrected chi connectivity index (χ0v) is 9.87. The standard InChI is InChI=1S/C12H17N3O/c1-12(2)7-15(3)10-8(13)5-4-6-9(10)14-11(12)16/h4-6H,7,13H2,1-3H3,(H,14,16). The number of nitrogen functional groups attached to an aromatic ring is 1. The third-order valence-corrected chi connectivity index (χ3v) is 2.94. The molecule has 4 nitrogen and oxygen atoms in total. The summed E-state index contributed by atoms with van der Waals surface area (Å²) < 4.78 is 0. The fourth-order valence-corrected chi connectivity index (χ4v) is 2.12. The van der Waals surface area contributed by atoms with Crippen molar-refractivity contribution >= 4 is 23.0 Å². The molecule has 1 heterocycles. The van der Waals surface area contributed by atoms with Crippen molar-refractivity contribution in [2.45, 2.75) is 13.8 Å². The maximum Gasteiger partial charge on any atom is 0.231 e. The molecule has 1 aromatic carbocycles. The zero-order chi connectivity index (χ0) is 11.9. The lowest BCUT2D eigenvalue weighted by Gasteiger charge is -2.26. The smallest absolute Gasteiger partial charge is 0.231 e. The molecule has 3 N–H and O–H groups in total. The SMILES string of the molecule is CN1CC(C)(C)C(=O)Nc2cccc(N)c21. The molecule has 4 heteroatoms. The Hall–Kier alpha value is -1.71. The molecule has 0 radical (unpaired) electrons. The van der Waals surface area contributed by atoms with Gasteiger partial charge in [0.05, 0.1) is 22.5 Å². The number of fused-ring (bicyclic) bond motifs is 1. The van der Waals surface area contributed by atoms with E-state index in [-0.39, 0.29) is 5.91 Å². The molecule has 1 aliphatic rings. The van der Waals surface area contributed by atoms with E-state index in [4.69, 9.17) is 5.73 Å². The second-order valence-electron chi connectivity index (χ2n) is 4.94. The molecule has 0 fully saturated rings. The maximum absolute atomic E-state index is 12.0. The van der Waals surface area contributed by atoms with Crippen LogP contribution in [0.15, 0.2) is 18.2 Å². The minimum atomic E-state index is -0.416. The van der Waals surface area contributed by atoms with Gasteiger partial charge in [-0.15, -0.1) is 0 Å². The number of carbonyl (C=O) groups is 1. The molecule has 86 valence electrons. The molecule has 1 aromatic rings. The summed E-state index contributed by atoms with van der Waals surface area (Å²) >= 11 is 0. The molecule has 0 spiro atoms. The first-order valence-electron chi connectivity index (χ1n) is 5.33. The van der Waals surface area contributed by atoms with Crippen LogP contribution in [0, 0.1) is 5.41 Å². The highest BCUT2D eigenvalue weighted by Crippen LogP contribution is 2.37. The van der Waals surface area contributed by atoms with Crippen LogP contribution in [0.5, 0.6) is 0 Å². The second kappa shape index (κ2) is 3.40. The van der Waals surface area contributed by atoms with E-state index < -0.39 is 5.41 Å². The fourth-order valence-electron chi connectivity index (χ4n) is 2.12. The number of para-hydroxylation sites is 1. The quantitative estimate of drug-likeness (QED) is 0.653. The van der Waals surface area contributed by atoms with Gasteiger partial charge in [0.25, 0.3) is 0 Å². The first-order valence-corrected chi connectivity index (χ1v) is 5.33. The van der Waals surface area contributed by atoms with Crippen LogP contribution in [0.4, 0.5) is 17.1 Å². The van der Waals surface area contributed by atoms with E-state index in [2.05, 4.69) is 5.32 Å². The van der Waals surface area contributed by atoms with Crippen molar-refractivity contribution in [3.63, 3.8) is 0 Å². The number of hydrogen-bond donors (Lipinski definition) is 2. The summed E-state index contributed by atoms with van der Waals surface area (Å²) in [6.45, 7) is 4.52. The monoisotopic (exact) mass is 219 g/mol. The number of nitrogens with two attached hydrogens (primary N) is 1. The summed E-state index contributed by atoms with van der Waals surface area (Å²) in [5, 5.41) is 2.92. The van der Waals surface area contributed by atoms with Gasteiger partial charge in [-0.3, -0.25) is 4.79 Å². The van der Waals surface area contributed by atoms with E-state index in [1.54, 1.807) is 0 Å². The third kappa shape index (κ3) is 1.60.